The molecule has 3 atom stereocenters. The van der Waals surface area contributed by atoms with Gasteiger partial charge in [-0.3, -0.25) is 9.69 Å². The van der Waals surface area contributed by atoms with Crippen LogP contribution in [0.4, 0.5) is 0 Å². The largest absolute Gasteiger partial charge is 0.373 e. The highest BCUT2D eigenvalue weighted by atomic mass is 16.5. The Morgan fingerprint density at radius 3 is 2.57 bits per heavy atom. The van der Waals surface area contributed by atoms with Gasteiger partial charge in [-0.1, -0.05) is 5.16 Å². The van der Waals surface area contributed by atoms with E-state index in [1.165, 1.54) is 0 Å². The maximum Gasteiger partial charge on any atom is 0.220 e. The van der Waals surface area contributed by atoms with E-state index in [1.54, 1.807) is 0 Å². The van der Waals surface area contributed by atoms with Crippen LogP contribution in [0.2, 0.25) is 0 Å². The number of nitrogens with one attached hydrogen (secondary N) is 1. The van der Waals surface area contributed by atoms with Crippen molar-refractivity contribution in [3.8, 4) is 0 Å². The number of nitrogens with zero attached hydrogens (tertiary/aromatic N) is 2. The van der Waals surface area contributed by atoms with E-state index in [1.807, 2.05) is 13.8 Å². The number of aromatic nitrogens is 1. The first-order chi connectivity index (χ1) is 10.9. The zero-order valence-electron chi connectivity index (χ0n) is 14.9. The lowest BCUT2D eigenvalue weighted by Crippen LogP contribution is -2.52. The van der Waals surface area contributed by atoms with Crippen LogP contribution in [0, 0.1) is 13.8 Å². The van der Waals surface area contributed by atoms with Crippen LogP contribution in [0.25, 0.3) is 0 Å². The molecule has 6 nitrogen and oxygen atoms in total. The van der Waals surface area contributed by atoms with E-state index in [9.17, 15) is 4.79 Å². The summed E-state index contributed by atoms with van der Waals surface area (Å²) in [6, 6.07) is 0.312. The van der Waals surface area contributed by atoms with Crippen LogP contribution >= 0.6 is 0 Å². The minimum atomic E-state index is 0.0752. The van der Waals surface area contributed by atoms with Crippen LogP contribution in [-0.2, 0) is 16.0 Å². The van der Waals surface area contributed by atoms with Gasteiger partial charge >= 0.3 is 0 Å². The van der Waals surface area contributed by atoms with Gasteiger partial charge in [-0.15, -0.1) is 0 Å². The molecule has 0 spiro atoms. The average Bonchev–Trinajstić information content (AvgIpc) is 2.80. The molecular formula is C17H29N3O3. The summed E-state index contributed by atoms with van der Waals surface area (Å²) in [5.41, 5.74) is 1.92. The molecule has 0 saturated carbocycles. The molecule has 1 aromatic rings. The first-order valence-corrected chi connectivity index (χ1v) is 8.44. The van der Waals surface area contributed by atoms with Crippen molar-refractivity contribution in [2.75, 3.05) is 19.6 Å². The van der Waals surface area contributed by atoms with Crippen molar-refractivity contribution >= 4 is 5.91 Å². The lowest BCUT2D eigenvalue weighted by atomic mass is 10.1. The van der Waals surface area contributed by atoms with Gasteiger partial charge in [0.25, 0.3) is 0 Å². The van der Waals surface area contributed by atoms with Crippen LogP contribution in [0.3, 0.4) is 0 Å². The Morgan fingerprint density at radius 1 is 1.35 bits per heavy atom. The van der Waals surface area contributed by atoms with E-state index in [0.29, 0.717) is 25.4 Å². The van der Waals surface area contributed by atoms with Gasteiger partial charge < -0.3 is 14.6 Å². The van der Waals surface area contributed by atoms with Gasteiger partial charge in [0.15, 0.2) is 0 Å². The standard InChI is InChI=1S/C17H29N3O3/c1-11(20-9-12(2)22-13(3)10-20)8-18-17(21)7-6-16-14(4)19-23-15(16)5/h11-13H,6-10H2,1-5H3,(H,18,21)/t11-,12-,13+/m0/s1. The van der Waals surface area contributed by atoms with Gasteiger partial charge in [0.1, 0.15) is 5.76 Å². The highest BCUT2D eigenvalue weighted by molar-refractivity contribution is 5.76. The molecule has 1 saturated heterocycles. The van der Waals surface area contributed by atoms with Gasteiger partial charge in [-0.2, -0.15) is 0 Å². The first kappa shape index (κ1) is 17.9. The third kappa shape index (κ3) is 5.04. The normalized spacial score (nSPS) is 23.7. The molecule has 0 aromatic carbocycles. The molecule has 2 rings (SSSR count). The minimum Gasteiger partial charge on any atom is -0.373 e. The van der Waals surface area contributed by atoms with Crippen LogP contribution in [-0.4, -0.2) is 53.8 Å². The number of aryl methyl sites for hydroxylation is 2. The fraction of sp³-hybridized carbons (Fsp3) is 0.765. The zero-order valence-corrected chi connectivity index (χ0v) is 14.9. The smallest absolute Gasteiger partial charge is 0.220 e. The number of morpholine rings is 1. The van der Waals surface area contributed by atoms with Crippen molar-refractivity contribution in [3.05, 3.63) is 17.0 Å². The molecule has 1 aromatic heterocycles. The summed E-state index contributed by atoms with van der Waals surface area (Å²) in [5.74, 6) is 0.881. The molecule has 1 aliphatic rings. The van der Waals surface area contributed by atoms with E-state index >= 15 is 0 Å². The number of hydrogen-bond acceptors (Lipinski definition) is 5. The Labute approximate surface area is 138 Å². The summed E-state index contributed by atoms with van der Waals surface area (Å²) in [6.07, 6.45) is 1.63. The predicted octanol–water partition coefficient (Wildman–Crippen LogP) is 1.84. The Hall–Kier alpha value is -1.40. The van der Waals surface area contributed by atoms with Crippen LogP contribution < -0.4 is 5.32 Å². The molecule has 1 amide bonds. The van der Waals surface area contributed by atoms with Crippen molar-refractivity contribution in [1.29, 1.82) is 0 Å². The van der Waals surface area contributed by atoms with Gasteiger partial charge in [-0.05, 0) is 41.0 Å². The number of rotatable bonds is 6. The van der Waals surface area contributed by atoms with Gasteiger partial charge in [0.05, 0.1) is 17.9 Å². The highest BCUT2D eigenvalue weighted by Gasteiger charge is 2.25. The molecule has 6 heteroatoms. The molecule has 0 bridgehead atoms. The lowest BCUT2D eigenvalue weighted by molar-refractivity contribution is -0.121. The predicted molar refractivity (Wildman–Crippen MR) is 88.4 cm³/mol. The Bertz CT molecular complexity index is 500. The van der Waals surface area contributed by atoms with Gasteiger partial charge in [0, 0.05) is 37.7 Å². The highest BCUT2D eigenvalue weighted by Crippen LogP contribution is 2.15. The summed E-state index contributed by atoms with van der Waals surface area (Å²) >= 11 is 0. The Balaban J connectivity index is 1.73. The van der Waals surface area contributed by atoms with Gasteiger partial charge in [-0.25, -0.2) is 0 Å². The van der Waals surface area contributed by atoms with Gasteiger partial charge in [0.2, 0.25) is 5.91 Å². The SMILES string of the molecule is Cc1noc(C)c1CCC(=O)NC[C@H](C)N1C[C@@H](C)O[C@@H](C)C1. The lowest BCUT2D eigenvalue weighted by Gasteiger charge is -2.39. The molecule has 130 valence electrons. The average molecular weight is 323 g/mol. The topological polar surface area (TPSA) is 67.6 Å². The first-order valence-electron chi connectivity index (χ1n) is 8.44. The minimum absolute atomic E-state index is 0.0752. The van der Waals surface area contributed by atoms with E-state index < -0.39 is 0 Å². The number of amides is 1. The number of ether oxygens (including phenoxy) is 1. The quantitative estimate of drug-likeness (QED) is 0.865. The van der Waals surface area contributed by atoms with Crippen molar-refractivity contribution in [1.82, 2.24) is 15.4 Å². The summed E-state index contributed by atoms with van der Waals surface area (Å²) in [5, 5.41) is 6.96. The van der Waals surface area contributed by atoms with Crippen molar-refractivity contribution in [3.63, 3.8) is 0 Å². The molecule has 0 radical (unpaired) electrons. The summed E-state index contributed by atoms with van der Waals surface area (Å²) in [4.78, 5) is 14.5. The molecule has 1 N–H and O–H groups in total. The maximum absolute atomic E-state index is 12.1. The fourth-order valence-electron chi connectivity index (χ4n) is 3.15. The number of carbonyl (C=O) groups is 1. The van der Waals surface area contributed by atoms with Crippen molar-refractivity contribution in [2.45, 2.75) is 65.7 Å². The third-order valence-corrected chi connectivity index (χ3v) is 4.45. The van der Waals surface area contributed by atoms with Crippen LogP contribution in [0.15, 0.2) is 4.52 Å². The molecule has 1 aliphatic heterocycles. The molecular weight excluding hydrogens is 294 g/mol. The number of hydrogen-bond donors (Lipinski definition) is 1. The van der Waals surface area contributed by atoms with E-state index in [4.69, 9.17) is 9.26 Å². The Morgan fingerprint density at radius 2 is 2.00 bits per heavy atom. The van der Waals surface area contributed by atoms with Crippen molar-refractivity contribution < 1.29 is 14.1 Å². The third-order valence-electron chi connectivity index (χ3n) is 4.45. The monoisotopic (exact) mass is 323 g/mol. The zero-order chi connectivity index (χ0) is 17.0. The second-order valence-corrected chi connectivity index (χ2v) is 6.67. The molecule has 0 unspecified atom stereocenters. The van der Waals surface area contributed by atoms with E-state index in [0.717, 1.165) is 30.1 Å². The molecule has 23 heavy (non-hydrogen) atoms. The molecule has 0 aliphatic carbocycles. The summed E-state index contributed by atoms with van der Waals surface area (Å²) in [7, 11) is 0. The Kier molecular flexibility index (Phi) is 6.18. The molecule has 2 heterocycles. The second-order valence-electron chi connectivity index (χ2n) is 6.67. The van der Waals surface area contributed by atoms with E-state index in [2.05, 4.69) is 36.1 Å². The summed E-state index contributed by atoms with van der Waals surface area (Å²) < 4.78 is 10.9. The number of carbonyl (C=O) groups excluding carboxylic acids is 1. The van der Waals surface area contributed by atoms with Crippen LogP contribution in [0.5, 0.6) is 0 Å². The van der Waals surface area contributed by atoms with E-state index in [-0.39, 0.29) is 18.1 Å². The fourth-order valence-corrected chi connectivity index (χ4v) is 3.15. The molecule has 1 fully saturated rings. The van der Waals surface area contributed by atoms with Crippen LogP contribution in [0.1, 0.15) is 44.2 Å². The van der Waals surface area contributed by atoms with Crippen molar-refractivity contribution in [2.24, 2.45) is 0 Å². The second kappa shape index (κ2) is 7.93. The summed E-state index contributed by atoms with van der Waals surface area (Å²) in [6.45, 7) is 12.6. The maximum atomic E-state index is 12.1.